The van der Waals surface area contributed by atoms with Crippen LogP contribution in [0.5, 0.6) is 5.75 Å². The maximum atomic E-state index is 12.8. The Morgan fingerprint density at radius 1 is 1.11 bits per heavy atom. The largest absolute Gasteiger partial charge is 0.490 e. The lowest BCUT2D eigenvalue weighted by molar-refractivity contribution is -0.121. The maximum absolute atomic E-state index is 12.8. The van der Waals surface area contributed by atoms with Crippen LogP contribution in [0.1, 0.15) is 42.5 Å². The summed E-state index contributed by atoms with van der Waals surface area (Å²) in [5.41, 5.74) is 9.13. The first-order chi connectivity index (χ1) is 17.5. The molecular formula is C28H33Cl2N5O3. The molecule has 0 saturated carbocycles. The van der Waals surface area contributed by atoms with Gasteiger partial charge in [0.2, 0.25) is 0 Å². The average molecular weight is 559 g/mol. The van der Waals surface area contributed by atoms with Gasteiger partial charge in [0.1, 0.15) is 24.3 Å². The number of nitrogens with zero attached hydrogens (tertiary/aromatic N) is 3. The molecule has 0 aliphatic carbocycles. The number of carbonyl (C=O) groups excluding carboxylic acids is 1. The summed E-state index contributed by atoms with van der Waals surface area (Å²) >= 11 is 0. The third-order valence-corrected chi connectivity index (χ3v) is 7.00. The quantitative estimate of drug-likeness (QED) is 0.306. The number of fused-ring (bicyclic) bond motifs is 2. The maximum Gasteiger partial charge on any atom is 0.253 e. The van der Waals surface area contributed by atoms with Gasteiger partial charge in [-0.1, -0.05) is 24.3 Å². The van der Waals surface area contributed by atoms with E-state index >= 15 is 0 Å². The molecule has 10 heteroatoms. The number of ether oxygens (including phenoxy) is 1. The Morgan fingerprint density at radius 2 is 1.84 bits per heavy atom. The topological polar surface area (TPSA) is 115 Å². The van der Waals surface area contributed by atoms with Gasteiger partial charge in [0.15, 0.2) is 0 Å². The first-order valence-corrected chi connectivity index (χ1v) is 12.3. The highest BCUT2D eigenvalue weighted by molar-refractivity contribution is 6.00. The molecule has 1 fully saturated rings. The van der Waals surface area contributed by atoms with Gasteiger partial charge in [0, 0.05) is 43.4 Å². The summed E-state index contributed by atoms with van der Waals surface area (Å²) in [6, 6.07) is 17.4. The van der Waals surface area contributed by atoms with Gasteiger partial charge >= 0.3 is 0 Å². The van der Waals surface area contributed by atoms with Crippen LogP contribution in [0.3, 0.4) is 0 Å². The molecule has 38 heavy (non-hydrogen) atoms. The number of carbonyl (C=O) groups is 1. The molecule has 2 aliphatic rings. The molecule has 4 N–H and O–H groups in total. The summed E-state index contributed by atoms with van der Waals surface area (Å²) in [6.45, 7) is 3.10. The average Bonchev–Trinajstić information content (AvgIpc) is 3.27. The number of nitrogens with two attached hydrogens (primary N) is 1. The van der Waals surface area contributed by atoms with E-state index in [0.29, 0.717) is 12.0 Å². The number of aliphatic hydroxyl groups is 1. The van der Waals surface area contributed by atoms with Gasteiger partial charge in [0.05, 0.1) is 6.04 Å². The van der Waals surface area contributed by atoms with Gasteiger partial charge in [-0.15, -0.1) is 24.8 Å². The molecule has 0 unspecified atom stereocenters. The van der Waals surface area contributed by atoms with Gasteiger partial charge < -0.3 is 20.5 Å². The van der Waals surface area contributed by atoms with Crippen LogP contribution in [0, 0.1) is 5.41 Å². The summed E-state index contributed by atoms with van der Waals surface area (Å²) in [5, 5.41) is 25.9. The molecule has 3 aromatic rings. The second kappa shape index (κ2) is 12.5. The number of hydrogen-bond donors (Lipinski definition) is 3. The van der Waals surface area contributed by atoms with Crippen LogP contribution < -0.4 is 15.4 Å². The van der Waals surface area contributed by atoms with E-state index in [1.807, 2.05) is 67.7 Å². The fourth-order valence-corrected chi connectivity index (χ4v) is 5.22. The molecule has 0 bridgehead atoms. The minimum atomic E-state index is -0.560. The number of nitrogens with one attached hydrogen (secondary N) is 1. The summed E-state index contributed by atoms with van der Waals surface area (Å²) in [4.78, 5) is 14.5. The zero-order chi connectivity index (χ0) is 25.2. The van der Waals surface area contributed by atoms with Gasteiger partial charge in [-0.2, -0.15) is 5.10 Å². The standard InChI is InChI=1S/C28H31N5O3.2ClH/c1-2-31-32-11-9-23(10-12-32)36-24-7-8-25-22(15-24)16-26(33(25)27(35)17-34)19-5-3-18-4-6-20(28(29)30)14-21(18)13-19;;/h2-8,13-15,23,26,34H,9-12,16-17H2,1H3,(H3,29,30);2*1H/b31-2+;;/t26-;;/m1../s1. The van der Waals surface area contributed by atoms with E-state index < -0.39 is 6.61 Å². The Balaban J connectivity index is 0.00000200. The first kappa shape index (κ1) is 29.2. The Bertz CT molecular complexity index is 1340. The number of rotatable bonds is 6. The molecule has 202 valence electrons. The molecular weight excluding hydrogens is 525 g/mol. The minimum Gasteiger partial charge on any atom is -0.490 e. The Hall–Kier alpha value is -3.33. The number of amides is 1. The van der Waals surface area contributed by atoms with Crippen LogP contribution in [-0.4, -0.2) is 53.9 Å². The Labute approximate surface area is 234 Å². The summed E-state index contributed by atoms with van der Waals surface area (Å²) in [6.07, 6.45) is 4.39. The Morgan fingerprint density at radius 3 is 2.53 bits per heavy atom. The highest BCUT2D eigenvalue weighted by Crippen LogP contribution is 2.43. The van der Waals surface area contributed by atoms with Gasteiger partial charge in [-0.25, -0.2) is 0 Å². The molecule has 2 aliphatic heterocycles. The molecule has 0 spiro atoms. The van der Waals surface area contributed by atoms with Crippen molar-refractivity contribution in [2.75, 3.05) is 24.6 Å². The van der Waals surface area contributed by atoms with Gasteiger partial charge in [0.25, 0.3) is 5.91 Å². The van der Waals surface area contributed by atoms with Crippen LogP contribution in [0.25, 0.3) is 10.8 Å². The monoisotopic (exact) mass is 557 g/mol. The van der Waals surface area contributed by atoms with Crippen molar-refractivity contribution in [3.63, 3.8) is 0 Å². The second-order valence-electron chi connectivity index (χ2n) is 9.31. The number of halogens is 2. The van der Waals surface area contributed by atoms with Crippen molar-refractivity contribution in [2.24, 2.45) is 10.8 Å². The van der Waals surface area contributed by atoms with Crippen molar-refractivity contribution < 1.29 is 14.6 Å². The van der Waals surface area contributed by atoms with Crippen molar-refractivity contribution >= 4 is 59.2 Å². The van der Waals surface area contributed by atoms with E-state index in [4.69, 9.17) is 15.9 Å². The number of nitrogen functional groups attached to an aromatic ring is 1. The number of amidine groups is 1. The number of hydrogen-bond acceptors (Lipinski definition) is 6. The van der Waals surface area contributed by atoms with Crippen molar-refractivity contribution in [3.05, 3.63) is 71.3 Å². The van der Waals surface area contributed by atoms with Crippen LogP contribution in [0.15, 0.2) is 59.7 Å². The molecule has 3 aromatic carbocycles. The van der Waals surface area contributed by atoms with Crippen LogP contribution >= 0.6 is 24.8 Å². The van der Waals surface area contributed by atoms with Crippen LogP contribution in [0.2, 0.25) is 0 Å². The third kappa shape index (κ3) is 5.88. The van der Waals surface area contributed by atoms with Gasteiger partial charge in [-0.05, 0) is 65.6 Å². The smallest absolute Gasteiger partial charge is 0.253 e. The predicted molar refractivity (Wildman–Crippen MR) is 156 cm³/mol. The van der Waals surface area contributed by atoms with Crippen LogP contribution in [0.4, 0.5) is 5.69 Å². The van der Waals surface area contributed by atoms with E-state index in [9.17, 15) is 9.90 Å². The Kier molecular flexibility index (Phi) is 9.60. The fraction of sp³-hybridized carbons (Fsp3) is 0.321. The predicted octanol–water partition coefficient (Wildman–Crippen LogP) is 4.44. The molecule has 5 rings (SSSR count). The van der Waals surface area contributed by atoms with Crippen molar-refractivity contribution in [2.45, 2.75) is 38.3 Å². The lowest BCUT2D eigenvalue weighted by Gasteiger charge is -2.30. The van der Waals surface area contributed by atoms with Gasteiger partial charge in [-0.3, -0.25) is 15.2 Å². The number of benzene rings is 3. The number of hydrazone groups is 1. The molecule has 8 nitrogen and oxygen atoms in total. The third-order valence-electron chi connectivity index (χ3n) is 7.00. The second-order valence-corrected chi connectivity index (χ2v) is 9.31. The molecule has 2 heterocycles. The normalized spacial score (nSPS) is 17.2. The molecule has 0 radical (unpaired) electrons. The molecule has 1 saturated heterocycles. The number of anilines is 1. The lowest BCUT2D eigenvalue weighted by Crippen LogP contribution is -2.35. The first-order valence-electron chi connectivity index (χ1n) is 12.3. The highest BCUT2D eigenvalue weighted by atomic mass is 35.5. The number of piperidine rings is 1. The lowest BCUT2D eigenvalue weighted by atomic mass is 9.97. The molecule has 1 amide bonds. The molecule has 0 aromatic heterocycles. The molecule has 1 atom stereocenters. The summed E-state index contributed by atoms with van der Waals surface area (Å²) < 4.78 is 6.30. The van der Waals surface area contributed by atoms with E-state index in [-0.39, 0.29) is 48.7 Å². The van der Waals surface area contributed by atoms with Crippen LogP contribution in [-0.2, 0) is 11.2 Å². The van der Waals surface area contributed by atoms with Crippen molar-refractivity contribution in [1.82, 2.24) is 5.01 Å². The zero-order valence-electron chi connectivity index (χ0n) is 21.2. The fourth-order valence-electron chi connectivity index (χ4n) is 5.22. The SMILES string of the molecule is C/C=N/N1CCC(Oc2ccc3c(c2)C[C@H](c2ccc4ccc(C(=N)N)cc4c2)N3C(=O)CO)CC1.Cl.Cl. The minimum absolute atomic E-state index is 0. The van der Waals surface area contributed by atoms with Crippen molar-refractivity contribution in [3.8, 4) is 5.75 Å². The van der Waals surface area contributed by atoms with E-state index in [1.165, 1.54) is 0 Å². The zero-order valence-corrected chi connectivity index (χ0v) is 22.8. The summed E-state index contributed by atoms with van der Waals surface area (Å²) in [7, 11) is 0. The van der Waals surface area contributed by atoms with Crippen molar-refractivity contribution in [1.29, 1.82) is 5.41 Å². The summed E-state index contributed by atoms with van der Waals surface area (Å²) in [5.74, 6) is 0.477. The van der Waals surface area contributed by atoms with E-state index in [1.54, 1.807) is 4.90 Å². The van der Waals surface area contributed by atoms with E-state index in [0.717, 1.165) is 59.3 Å². The van der Waals surface area contributed by atoms with E-state index in [2.05, 4.69) is 10.1 Å². The highest BCUT2D eigenvalue weighted by Gasteiger charge is 2.35. The number of aliphatic hydroxyl groups excluding tert-OH is 1.